The van der Waals surface area contributed by atoms with E-state index in [0.29, 0.717) is 12.5 Å². The molecule has 254 valence electrons. The first-order valence-electron chi connectivity index (χ1n) is 17.1. The molecule has 1 aliphatic rings. The normalized spacial score (nSPS) is 16.7. The zero-order valence-corrected chi connectivity index (χ0v) is 32.1. The van der Waals surface area contributed by atoms with E-state index in [2.05, 4.69) is 121 Å². The van der Waals surface area contributed by atoms with Crippen LogP contribution in [0.3, 0.4) is 0 Å². The molecular formula is C41H56NO4P. The molecule has 0 fully saturated rings. The van der Waals surface area contributed by atoms with E-state index in [1.807, 2.05) is 30.3 Å². The van der Waals surface area contributed by atoms with E-state index in [1.165, 1.54) is 11.1 Å². The maximum Gasteiger partial charge on any atom is 0.388 e. The van der Waals surface area contributed by atoms with Crippen LogP contribution < -0.4 is 4.52 Å². The molecule has 47 heavy (non-hydrogen) atoms. The van der Waals surface area contributed by atoms with Crippen molar-refractivity contribution in [1.29, 1.82) is 0 Å². The Labute approximate surface area is 283 Å². The van der Waals surface area contributed by atoms with E-state index >= 15 is 0 Å². The fourth-order valence-electron chi connectivity index (χ4n) is 6.04. The molecule has 0 radical (unpaired) electrons. The van der Waals surface area contributed by atoms with Gasteiger partial charge in [0, 0.05) is 33.9 Å². The molecule has 0 amide bonds. The predicted molar refractivity (Wildman–Crippen MR) is 199 cm³/mol. The van der Waals surface area contributed by atoms with Gasteiger partial charge < -0.3 is 13.1 Å². The van der Waals surface area contributed by atoms with Gasteiger partial charge in [0.15, 0.2) is 0 Å². The number of nitrogens with zero attached hydrogens (tertiary/aromatic N) is 1. The summed E-state index contributed by atoms with van der Waals surface area (Å²) >= 11 is 0. The van der Waals surface area contributed by atoms with E-state index < -0.39 is 13.8 Å². The molecule has 1 aromatic heterocycles. The topological polar surface area (TPSA) is 57.1 Å². The first-order chi connectivity index (χ1) is 21.6. The number of benzene rings is 3. The monoisotopic (exact) mass is 657 g/mol. The molecule has 6 heteroatoms. The SMILES string of the molecule is CC(C)(C)c1cc(C(C)(C)C)c2op(OC(C)(C)[C@@H]3CCOC(c4ccccc4)=N3)oc3c(C(C)(C)C)cc(C(C)(C)C)cc3c2c1. The first-order valence-corrected chi connectivity index (χ1v) is 18.1. The Hall–Kier alpha value is -3.01. The zero-order chi connectivity index (χ0) is 34.7. The van der Waals surface area contributed by atoms with Gasteiger partial charge in [0.1, 0.15) is 16.8 Å². The molecule has 1 atom stereocenters. The van der Waals surface area contributed by atoms with Gasteiger partial charge in [0.25, 0.3) is 0 Å². The highest BCUT2D eigenvalue weighted by Crippen LogP contribution is 2.46. The largest absolute Gasteiger partial charge is 0.477 e. The quantitative estimate of drug-likeness (QED) is 0.219. The molecule has 2 heterocycles. The Bertz CT molecular complexity index is 1740. The van der Waals surface area contributed by atoms with Crippen LogP contribution in [-0.2, 0) is 26.4 Å². The number of hydrogen-bond acceptors (Lipinski definition) is 5. The van der Waals surface area contributed by atoms with Crippen LogP contribution >= 0.6 is 8.24 Å². The molecule has 5 nitrogen and oxygen atoms in total. The standard InChI is InChI=1S/C41H56NO4P/c1-37(2,3)27-22-29-30-23-28(38(4,5)6)25-32(40(10,11)12)35(30)45-47(44-34(29)31(24-27)39(7,8)9)46-41(13,14)33-20-21-43-36(42-33)26-18-16-15-17-19-26/h15-19,22-25,33H,20-21H2,1-14H3/t33-/m0/s1. The van der Waals surface area contributed by atoms with Gasteiger partial charge >= 0.3 is 8.24 Å². The maximum absolute atomic E-state index is 7.04. The molecule has 3 aromatic carbocycles. The van der Waals surface area contributed by atoms with Gasteiger partial charge in [0.2, 0.25) is 5.90 Å². The Morgan fingerprint density at radius 2 is 1.11 bits per heavy atom. The van der Waals surface area contributed by atoms with Crippen molar-refractivity contribution in [3.8, 4) is 0 Å². The highest BCUT2D eigenvalue weighted by atomic mass is 31.1. The molecule has 0 saturated heterocycles. The molecule has 0 spiro atoms. The van der Waals surface area contributed by atoms with Gasteiger partial charge in [0.05, 0.1) is 12.6 Å². The summed E-state index contributed by atoms with van der Waals surface area (Å²) in [5.41, 5.74) is 6.33. The molecule has 0 unspecified atom stereocenters. The van der Waals surface area contributed by atoms with E-state index in [-0.39, 0.29) is 27.7 Å². The van der Waals surface area contributed by atoms with Gasteiger partial charge in [-0.2, -0.15) is 0 Å². The fraction of sp³-hybridized carbons (Fsp3) is 0.537. The Kier molecular flexibility index (Phi) is 9.12. The molecule has 0 N–H and O–H groups in total. The molecular weight excluding hydrogens is 601 g/mol. The Morgan fingerprint density at radius 3 is 1.53 bits per heavy atom. The van der Waals surface area contributed by atoms with Gasteiger partial charge in [-0.05, 0) is 70.9 Å². The van der Waals surface area contributed by atoms with Gasteiger partial charge in [-0.1, -0.05) is 113 Å². The second-order valence-corrected chi connectivity index (χ2v) is 18.9. The second-order valence-electron chi connectivity index (χ2n) is 17.9. The van der Waals surface area contributed by atoms with Crippen LogP contribution in [0.25, 0.3) is 21.9 Å². The summed E-state index contributed by atoms with van der Waals surface area (Å²) < 4.78 is 27.1. The molecule has 0 saturated carbocycles. The number of fused-ring (bicyclic) bond motifs is 3. The van der Waals surface area contributed by atoms with Crippen molar-refractivity contribution in [2.75, 3.05) is 6.61 Å². The number of hydrogen-bond donors (Lipinski definition) is 0. The molecule has 5 rings (SSSR count). The average Bonchev–Trinajstić information content (AvgIpc) is 3.10. The molecule has 0 aliphatic carbocycles. The Balaban J connectivity index is 1.85. The van der Waals surface area contributed by atoms with Crippen LogP contribution in [0, 0.1) is 0 Å². The van der Waals surface area contributed by atoms with E-state index in [0.717, 1.165) is 45.0 Å². The highest BCUT2D eigenvalue weighted by Gasteiger charge is 2.37. The molecule has 1 aliphatic heterocycles. The number of ether oxygens (including phenoxy) is 1. The van der Waals surface area contributed by atoms with Crippen molar-refractivity contribution < 1.29 is 17.7 Å². The van der Waals surface area contributed by atoms with Gasteiger partial charge in [-0.3, -0.25) is 4.52 Å². The Morgan fingerprint density at radius 1 is 0.638 bits per heavy atom. The summed E-state index contributed by atoms with van der Waals surface area (Å²) in [5, 5.41) is 2.13. The third kappa shape index (κ3) is 7.52. The third-order valence-corrected chi connectivity index (χ3v) is 10.5. The van der Waals surface area contributed by atoms with Crippen LogP contribution in [0.15, 0.2) is 68.0 Å². The summed E-state index contributed by atoms with van der Waals surface area (Å²) in [6.07, 6.45) is 0.740. The number of rotatable bonds is 4. The van der Waals surface area contributed by atoms with Crippen LogP contribution in [0.1, 0.15) is 131 Å². The van der Waals surface area contributed by atoms with Crippen molar-refractivity contribution in [1.82, 2.24) is 0 Å². The minimum atomic E-state index is -1.87. The lowest BCUT2D eigenvalue weighted by Crippen LogP contribution is -2.43. The van der Waals surface area contributed by atoms with E-state index in [4.69, 9.17) is 22.6 Å². The lowest BCUT2D eigenvalue weighted by molar-refractivity contribution is 0.1000. The van der Waals surface area contributed by atoms with Crippen LogP contribution in [-0.4, -0.2) is 24.1 Å². The fourth-order valence-corrected chi connectivity index (χ4v) is 7.35. The zero-order valence-electron chi connectivity index (χ0n) is 31.2. The summed E-state index contributed by atoms with van der Waals surface area (Å²) in [4.78, 5) is 5.06. The van der Waals surface area contributed by atoms with Crippen LogP contribution in [0.2, 0.25) is 0 Å². The lowest BCUT2D eigenvalue weighted by Gasteiger charge is -2.33. The number of aliphatic imine (C=N–C) groups is 1. The summed E-state index contributed by atoms with van der Waals surface area (Å²) in [5.74, 6) is 0.652. The van der Waals surface area contributed by atoms with Crippen molar-refractivity contribution in [3.63, 3.8) is 0 Å². The van der Waals surface area contributed by atoms with Crippen molar-refractivity contribution >= 4 is 36.1 Å². The minimum Gasteiger partial charge on any atom is -0.477 e. The average molecular weight is 658 g/mol. The second kappa shape index (κ2) is 12.1. The predicted octanol–water partition coefficient (Wildman–Crippen LogP) is 11.9. The maximum atomic E-state index is 7.04. The van der Waals surface area contributed by atoms with Crippen molar-refractivity contribution in [2.24, 2.45) is 4.99 Å². The van der Waals surface area contributed by atoms with Crippen molar-refractivity contribution in [2.45, 2.75) is 137 Å². The minimum absolute atomic E-state index is 0.0579. The van der Waals surface area contributed by atoms with E-state index in [1.54, 1.807) is 0 Å². The van der Waals surface area contributed by atoms with Gasteiger partial charge in [-0.25, -0.2) is 4.99 Å². The smallest absolute Gasteiger partial charge is 0.388 e. The van der Waals surface area contributed by atoms with E-state index in [9.17, 15) is 0 Å². The highest BCUT2D eigenvalue weighted by molar-refractivity contribution is 7.31. The molecule has 0 bridgehead atoms. The summed E-state index contributed by atoms with van der Waals surface area (Å²) in [7, 11) is -1.87. The van der Waals surface area contributed by atoms with Gasteiger partial charge in [-0.15, -0.1) is 0 Å². The third-order valence-electron chi connectivity index (χ3n) is 9.18. The van der Waals surface area contributed by atoms with Crippen LogP contribution in [0.4, 0.5) is 0 Å². The summed E-state index contributed by atoms with van der Waals surface area (Å²) in [6.45, 7) is 32.0. The first kappa shape index (κ1) is 35.3. The molecule has 4 aromatic rings. The van der Waals surface area contributed by atoms with Crippen molar-refractivity contribution in [3.05, 3.63) is 82.4 Å². The lowest BCUT2D eigenvalue weighted by atomic mass is 9.77. The van der Waals surface area contributed by atoms with Crippen LogP contribution in [0.5, 0.6) is 0 Å². The summed E-state index contributed by atoms with van der Waals surface area (Å²) in [6, 6.07) is 19.2.